The summed E-state index contributed by atoms with van der Waals surface area (Å²) in [6, 6.07) is 3.29. The zero-order valence-corrected chi connectivity index (χ0v) is 12.4. The van der Waals surface area contributed by atoms with Crippen molar-refractivity contribution in [1.29, 1.82) is 0 Å². The van der Waals surface area contributed by atoms with E-state index in [9.17, 15) is 4.79 Å². The summed E-state index contributed by atoms with van der Waals surface area (Å²) in [4.78, 5) is 20.3. The first-order valence-corrected chi connectivity index (χ1v) is 7.53. The monoisotopic (exact) mass is 327 g/mol. The second kappa shape index (κ2) is 7.61. The number of hydrogen-bond donors (Lipinski definition) is 3. The Morgan fingerprint density at radius 1 is 1.68 bits per heavy atom. The van der Waals surface area contributed by atoms with Crippen LogP contribution in [0.1, 0.15) is 23.0 Å². The molecule has 1 aromatic heterocycles. The molecule has 4 unspecified atom stereocenters. The minimum absolute atomic E-state index is 0.0236. The topological polar surface area (TPSA) is 115 Å². The van der Waals surface area contributed by atoms with Crippen LogP contribution in [0.25, 0.3) is 0 Å². The highest BCUT2D eigenvalue weighted by atomic mass is 31.2. The van der Waals surface area contributed by atoms with Gasteiger partial charge < -0.3 is 19.9 Å². The molecule has 1 fully saturated rings. The van der Waals surface area contributed by atoms with Crippen molar-refractivity contribution in [2.75, 3.05) is 6.61 Å². The zero-order valence-electron chi connectivity index (χ0n) is 11.5. The van der Waals surface area contributed by atoms with Crippen molar-refractivity contribution >= 4 is 14.5 Å². The van der Waals surface area contributed by atoms with Crippen LogP contribution in [-0.2, 0) is 13.9 Å². The van der Waals surface area contributed by atoms with Crippen molar-refractivity contribution in [3.8, 4) is 12.3 Å². The molecule has 2 rings (SSSR count). The molecule has 0 radical (unpaired) electrons. The third kappa shape index (κ3) is 3.99. The molecule has 0 bridgehead atoms. The van der Waals surface area contributed by atoms with Crippen LogP contribution < -0.4 is 10.3 Å². The number of carbonyl (C=O) groups excluding carboxylic acids is 1. The first-order valence-electron chi connectivity index (χ1n) is 6.40. The summed E-state index contributed by atoms with van der Waals surface area (Å²) in [5.74, 6) is 1.83. The molecule has 1 aliphatic rings. The summed E-state index contributed by atoms with van der Waals surface area (Å²) in [6.45, 7) is -0.0236. The highest BCUT2D eigenvalue weighted by Gasteiger charge is 2.40. The zero-order chi connectivity index (χ0) is 16.1. The van der Waals surface area contributed by atoms with Crippen LogP contribution in [0.15, 0.2) is 24.5 Å². The number of pyridine rings is 1. The minimum Gasteiger partial charge on any atom is -0.365 e. The van der Waals surface area contributed by atoms with Gasteiger partial charge in [-0.05, 0) is 6.07 Å². The SMILES string of the molecule is C#CC1CC([n+]2cccc(C(N)=O)c2)OC1COP(O)OO. The number of ether oxygens (including phenoxy) is 1. The lowest BCUT2D eigenvalue weighted by atomic mass is 10.0. The summed E-state index contributed by atoms with van der Waals surface area (Å²) < 4.78 is 16.1. The first kappa shape index (κ1) is 16.8. The predicted molar refractivity (Wildman–Crippen MR) is 74.8 cm³/mol. The average Bonchev–Trinajstić information content (AvgIpc) is 2.96. The number of hydrogen-bond acceptors (Lipinski definition) is 6. The maximum atomic E-state index is 11.2. The van der Waals surface area contributed by atoms with Gasteiger partial charge >= 0.3 is 8.60 Å². The first-order chi connectivity index (χ1) is 10.5. The summed E-state index contributed by atoms with van der Waals surface area (Å²) in [5, 5.41) is 8.27. The minimum atomic E-state index is -2.36. The normalized spacial score (nSPS) is 25.6. The number of rotatable bonds is 6. The van der Waals surface area contributed by atoms with Crippen LogP contribution in [-0.4, -0.2) is 28.8 Å². The standard InChI is InChI=1S/C13H15N2O6P/c1-2-9-6-12(20-11(9)8-19-22(18)21-17)15-5-3-4-10(7-15)13(14)16/h1,3-5,7,9,11-12,18H,6,8H2,(H2-,14,16,17)/p+1. The van der Waals surface area contributed by atoms with E-state index in [1.54, 1.807) is 29.1 Å². The number of primary amides is 1. The Hall–Kier alpha value is -1.59. The van der Waals surface area contributed by atoms with E-state index >= 15 is 0 Å². The van der Waals surface area contributed by atoms with Gasteiger partial charge in [0, 0.05) is 6.07 Å². The summed E-state index contributed by atoms with van der Waals surface area (Å²) in [6.07, 6.45) is 8.47. The Bertz CT molecular complexity index is 578. The van der Waals surface area contributed by atoms with Crippen molar-refractivity contribution in [2.24, 2.45) is 11.7 Å². The van der Waals surface area contributed by atoms with Gasteiger partial charge in [0.25, 0.3) is 12.1 Å². The molecular weight excluding hydrogens is 311 g/mol. The van der Waals surface area contributed by atoms with E-state index in [-0.39, 0.29) is 18.8 Å². The average molecular weight is 327 g/mol. The lowest BCUT2D eigenvalue weighted by Gasteiger charge is -2.14. The maximum absolute atomic E-state index is 11.2. The molecule has 2 heterocycles. The number of terminal acetylenes is 1. The Morgan fingerprint density at radius 2 is 2.45 bits per heavy atom. The van der Waals surface area contributed by atoms with E-state index in [1.165, 1.54) is 0 Å². The highest BCUT2D eigenvalue weighted by molar-refractivity contribution is 7.40. The van der Waals surface area contributed by atoms with Crippen molar-refractivity contribution in [2.45, 2.75) is 18.8 Å². The molecule has 9 heteroatoms. The van der Waals surface area contributed by atoms with E-state index in [0.717, 1.165) is 0 Å². The van der Waals surface area contributed by atoms with Crippen molar-refractivity contribution in [1.82, 2.24) is 0 Å². The second-order valence-corrected chi connectivity index (χ2v) is 5.55. The molecular formula is C13H16N2O6P+. The van der Waals surface area contributed by atoms with Gasteiger partial charge in [-0.25, -0.2) is 5.26 Å². The fourth-order valence-corrected chi connectivity index (χ4v) is 2.54. The van der Waals surface area contributed by atoms with Crippen LogP contribution >= 0.6 is 8.60 Å². The Labute approximate surface area is 128 Å². The molecule has 22 heavy (non-hydrogen) atoms. The second-order valence-electron chi connectivity index (χ2n) is 4.66. The smallest absolute Gasteiger partial charge is 0.359 e. The molecule has 1 aromatic rings. The molecule has 0 aromatic carbocycles. The molecule has 118 valence electrons. The van der Waals surface area contributed by atoms with Crippen molar-refractivity contribution in [3.05, 3.63) is 30.1 Å². The van der Waals surface area contributed by atoms with Gasteiger partial charge in [-0.15, -0.1) is 12.3 Å². The van der Waals surface area contributed by atoms with E-state index in [1.807, 2.05) is 0 Å². The van der Waals surface area contributed by atoms with Gasteiger partial charge in [0.05, 0.1) is 18.9 Å². The number of aromatic nitrogens is 1. The Kier molecular flexibility index (Phi) is 5.80. The molecule has 0 spiro atoms. The van der Waals surface area contributed by atoms with Gasteiger partial charge in [0.1, 0.15) is 11.7 Å². The molecule has 1 saturated heterocycles. The van der Waals surface area contributed by atoms with Crippen LogP contribution in [0.5, 0.6) is 0 Å². The molecule has 1 amide bonds. The molecule has 0 saturated carbocycles. The van der Waals surface area contributed by atoms with Crippen LogP contribution in [0.2, 0.25) is 0 Å². The van der Waals surface area contributed by atoms with Gasteiger partial charge in [0.2, 0.25) is 0 Å². The van der Waals surface area contributed by atoms with E-state index in [2.05, 4.69) is 10.6 Å². The number of carbonyl (C=O) groups is 1. The third-order valence-electron chi connectivity index (χ3n) is 3.31. The predicted octanol–water partition coefficient (Wildman–Crippen LogP) is 0.335. The van der Waals surface area contributed by atoms with Crippen LogP contribution in [0.4, 0.5) is 0 Å². The van der Waals surface area contributed by atoms with Gasteiger partial charge in [-0.3, -0.25) is 4.79 Å². The summed E-state index contributed by atoms with van der Waals surface area (Å²) >= 11 is 0. The lowest BCUT2D eigenvalue weighted by Crippen LogP contribution is -2.40. The van der Waals surface area contributed by atoms with Crippen molar-refractivity contribution in [3.63, 3.8) is 0 Å². The largest absolute Gasteiger partial charge is 0.365 e. The van der Waals surface area contributed by atoms with E-state index < -0.39 is 20.6 Å². The Balaban J connectivity index is 2.06. The fourth-order valence-electron chi connectivity index (χ4n) is 2.22. The lowest BCUT2D eigenvalue weighted by molar-refractivity contribution is -0.759. The molecule has 4 atom stereocenters. The highest BCUT2D eigenvalue weighted by Crippen LogP contribution is 2.35. The molecule has 4 N–H and O–H groups in total. The molecule has 8 nitrogen and oxygen atoms in total. The third-order valence-corrected chi connectivity index (χ3v) is 3.82. The molecule has 1 aliphatic heterocycles. The number of amides is 1. The maximum Gasteiger partial charge on any atom is 0.359 e. The van der Waals surface area contributed by atoms with Gasteiger partial charge in [-0.1, -0.05) is 0 Å². The number of nitrogens with two attached hydrogens (primary N) is 1. The van der Waals surface area contributed by atoms with Crippen molar-refractivity contribution < 1.29 is 33.4 Å². The molecule has 0 aliphatic carbocycles. The fraction of sp³-hybridized carbons (Fsp3) is 0.385. The quantitative estimate of drug-likeness (QED) is 0.228. The Morgan fingerprint density at radius 3 is 3.09 bits per heavy atom. The van der Waals surface area contributed by atoms with E-state index in [0.29, 0.717) is 12.0 Å². The summed E-state index contributed by atoms with van der Waals surface area (Å²) in [7, 11) is -2.36. The van der Waals surface area contributed by atoms with Gasteiger partial charge in [-0.2, -0.15) is 9.24 Å². The summed E-state index contributed by atoms with van der Waals surface area (Å²) in [5.41, 5.74) is 5.61. The van der Waals surface area contributed by atoms with Crippen LogP contribution in [0, 0.1) is 18.3 Å². The van der Waals surface area contributed by atoms with Gasteiger partial charge in [0.15, 0.2) is 12.4 Å². The number of nitrogens with zero attached hydrogens (tertiary/aromatic N) is 1. The van der Waals surface area contributed by atoms with E-state index in [4.69, 9.17) is 31.6 Å². The van der Waals surface area contributed by atoms with Crippen LogP contribution in [0.3, 0.4) is 0 Å².